The molecule has 18 heavy (non-hydrogen) atoms. The highest BCUT2D eigenvalue weighted by molar-refractivity contribution is 5.23. The Morgan fingerprint density at radius 3 is 1.94 bits per heavy atom. The first-order valence-electron chi connectivity index (χ1n) is 6.80. The van der Waals surface area contributed by atoms with Gasteiger partial charge < -0.3 is 9.47 Å². The second-order valence-electron chi connectivity index (χ2n) is 6.71. The summed E-state index contributed by atoms with van der Waals surface area (Å²) < 4.78 is 12.0. The molecule has 0 aliphatic rings. The molecule has 0 aromatic carbocycles. The molecule has 0 spiro atoms. The standard InChI is InChI=1S/C15H31NO2/c1-9-13(2,3)18-14(4,5)10-11-17-15(6,7)12-16-8/h8-12H2,1-7H3. The molecule has 3 nitrogen and oxygen atoms in total. The molecule has 0 heterocycles. The molecule has 108 valence electrons. The van der Waals surface area contributed by atoms with E-state index >= 15 is 0 Å². The van der Waals surface area contributed by atoms with Crippen LogP contribution in [-0.4, -0.2) is 36.7 Å². The van der Waals surface area contributed by atoms with Gasteiger partial charge in [-0.2, -0.15) is 0 Å². The van der Waals surface area contributed by atoms with Crippen LogP contribution in [0.25, 0.3) is 0 Å². The van der Waals surface area contributed by atoms with Crippen molar-refractivity contribution < 1.29 is 9.47 Å². The predicted molar refractivity (Wildman–Crippen MR) is 78.6 cm³/mol. The molecule has 0 aliphatic heterocycles. The minimum absolute atomic E-state index is 0.0817. The molecule has 0 amide bonds. The van der Waals surface area contributed by atoms with Crippen molar-refractivity contribution in [2.45, 2.75) is 78.1 Å². The lowest BCUT2D eigenvalue weighted by Gasteiger charge is -2.36. The summed E-state index contributed by atoms with van der Waals surface area (Å²) >= 11 is 0. The first-order chi connectivity index (χ1) is 8.04. The number of hydrogen-bond acceptors (Lipinski definition) is 3. The third-order valence-corrected chi connectivity index (χ3v) is 3.09. The summed E-state index contributed by atoms with van der Waals surface area (Å²) in [4.78, 5) is 3.89. The molecule has 3 heteroatoms. The Kier molecular flexibility index (Phi) is 6.52. The van der Waals surface area contributed by atoms with Crippen LogP contribution in [0.4, 0.5) is 0 Å². The van der Waals surface area contributed by atoms with Crippen LogP contribution >= 0.6 is 0 Å². The van der Waals surface area contributed by atoms with Crippen molar-refractivity contribution in [1.82, 2.24) is 0 Å². The zero-order valence-corrected chi connectivity index (χ0v) is 13.3. The van der Waals surface area contributed by atoms with Crippen molar-refractivity contribution in [1.29, 1.82) is 0 Å². The molecule has 0 fully saturated rings. The van der Waals surface area contributed by atoms with E-state index in [9.17, 15) is 0 Å². The minimum Gasteiger partial charge on any atom is -0.374 e. The highest BCUT2D eigenvalue weighted by Crippen LogP contribution is 2.26. The average Bonchev–Trinajstić information content (AvgIpc) is 2.14. The lowest BCUT2D eigenvalue weighted by atomic mass is 10.0. The number of rotatable bonds is 9. The summed E-state index contributed by atoms with van der Waals surface area (Å²) in [5.41, 5.74) is -0.489. The molecule has 0 radical (unpaired) electrons. The van der Waals surface area contributed by atoms with Crippen LogP contribution in [0, 0.1) is 0 Å². The normalized spacial score (nSPS) is 13.7. The lowest BCUT2D eigenvalue weighted by Crippen LogP contribution is -2.38. The fourth-order valence-corrected chi connectivity index (χ4v) is 1.76. The van der Waals surface area contributed by atoms with Gasteiger partial charge in [0.15, 0.2) is 0 Å². The van der Waals surface area contributed by atoms with Crippen molar-refractivity contribution in [3.8, 4) is 0 Å². The zero-order valence-electron chi connectivity index (χ0n) is 13.3. The van der Waals surface area contributed by atoms with Gasteiger partial charge in [-0.3, -0.25) is 4.99 Å². The van der Waals surface area contributed by atoms with E-state index in [-0.39, 0.29) is 16.8 Å². The Hall–Kier alpha value is -0.410. The van der Waals surface area contributed by atoms with Crippen LogP contribution in [0.1, 0.15) is 61.3 Å². The van der Waals surface area contributed by atoms with Crippen molar-refractivity contribution in [2.75, 3.05) is 13.2 Å². The predicted octanol–water partition coefficient (Wildman–Crippen LogP) is 3.86. The third kappa shape index (κ3) is 7.83. The maximum atomic E-state index is 6.13. The van der Waals surface area contributed by atoms with E-state index in [1.165, 1.54) is 0 Å². The summed E-state index contributed by atoms with van der Waals surface area (Å²) in [5, 5.41) is 0. The zero-order chi connectivity index (χ0) is 14.4. The van der Waals surface area contributed by atoms with Crippen LogP contribution in [-0.2, 0) is 9.47 Å². The van der Waals surface area contributed by atoms with Gasteiger partial charge in [0.05, 0.1) is 30.0 Å². The Labute approximate surface area is 113 Å². The van der Waals surface area contributed by atoms with Crippen LogP contribution in [0.3, 0.4) is 0 Å². The van der Waals surface area contributed by atoms with Crippen LogP contribution in [0.15, 0.2) is 4.99 Å². The van der Waals surface area contributed by atoms with Crippen LogP contribution < -0.4 is 0 Å². The molecule has 0 saturated heterocycles. The van der Waals surface area contributed by atoms with E-state index in [0.717, 1.165) is 12.8 Å². The van der Waals surface area contributed by atoms with Gasteiger partial charge in [-0.05, 0) is 61.1 Å². The van der Waals surface area contributed by atoms with Gasteiger partial charge in [-0.1, -0.05) is 6.92 Å². The first-order valence-corrected chi connectivity index (χ1v) is 6.80. The SMILES string of the molecule is C=NCC(C)(C)OCCC(C)(C)OC(C)(C)CC. The fourth-order valence-electron chi connectivity index (χ4n) is 1.76. The molecule has 0 unspecified atom stereocenters. The molecule has 0 atom stereocenters. The molecule has 0 aromatic rings. The summed E-state index contributed by atoms with van der Waals surface area (Å²) in [7, 11) is 0. The molecule has 0 bridgehead atoms. The van der Waals surface area contributed by atoms with E-state index in [4.69, 9.17) is 9.47 Å². The highest BCUT2D eigenvalue weighted by Gasteiger charge is 2.28. The molecule has 0 saturated carbocycles. The molecule has 0 N–H and O–H groups in total. The van der Waals surface area contributed by atoms with Gasteiger partial charge in [0.1, 0.15) is 0 Å². The second kappa shape index (κ2) is 6.67. The Balaban J connectivity index is 4.16. The second-order valence-corrected chi connectivity index (χ2v) is 6.71. The van der Waals surface area contributed by atoms with Crippen molar-refractivity contribution in [3.63, 3.8) is 0 Å². The smallest absolute Gasteiger partial charge is 0.0820 e. The van der Waals surface area contributed by atoms with Crippen molar-refractivity contribution in [3.05, 3.63) is 0 Å². The van der Waals surface area contributed by atoms with Crippen molar-refractivity contribution >= 4 is 6.72 Å². The minimum atomic E-state index is -0.238. The Morgan fingerprint density at radius 2 is 1.50 bits per heavy atom. The summed E-state index contributed by atoms with van der Waals surface area (Å²) in [6, 6.07) is 0. The van der Waals surface area contributed by atoms with Gasteiger partial charge in [-0.15, -0.1) is 0 Å². The van der Waals surface area contributed by atoms with Gasteiger partial charge in [-0.25, -0.2) is 0 Å². The van der Waals surface area contributed by atoms with E-state index in [1.54, 1.807) is 0 Å². The van der Waals surface area contributed by atoms with Gasteiger partial charge in [0.2, 0.25) is 0 Å². The van der Waals surface area contributed by atoms with Crippen molar-refractivity contribution in [2.24, 2.45) is 4.99 Å². The summed E-state index contributed by atoms with van der Waals surface area (Å²) in [5.74, 6) is 0. The first kappa shape index (κ1) is 17.6. The average molecular weight is 257 g/mol. The number of aliphatic imine (C=N–C) groups is 1. The lowest BCUT2D eigenvalue weighted by molar-refractivity contribution is -0.140. The van der Waals surface area contributed by atoms with Crippen LogP contribution in [0.2, 0.25) is 0 Å². The quantitative estimate of drug-likeness (QED) is 0.587. The topological polar surface area (TPSA) is 30.8 Å². The molecular formula is C15H31NO2. The van der Waals surface area contributed by atoms with E-state index in [2.05, 4.69) is 46.3 Å². The number of hydrogen-bond donors (Lipinski definition) is 0. The van der Waals surface area contributed by atoms with Gasteiger partial charge >= 0.3 is 0 Å². The largest absolute Gasteiger partial charge is 0.374 e. The monoisotopic (exact) mass is 257 g/mol. The van der Waals surface area contributed by atoms with E-state index < -0.39 is 0 Å². The maximum absolute atomic E-state index is 6.13. The van der Waals surface area contributed by atoms with E-state index in [0.29, 0.717) is 13.2 Å². The summed E-state index contributed by atoms with van der Waals surface area (Å²) in [6.45, 7) is 19.5. The molecular weight excluding hydrogens is 226 g/mol. The molecule has 0 rings (SSSR count). The van der Waals surface area contributed by atoms with Crippen LogP contribution in [0.5, 0.6) is 0 Å². The van der Waals surface area contributed by atoms with Gasteiger partial charge in [0, 0.05) is 0 Å². The molecule has 0 aromatic heterocycles. The third-order valence-electron chi connectivity index (χ3n) is 3.09. The summed E-state index contributed by atoms with van der Waals surface area (Å²) in [6.07, 6.45) is 1.88. The maximum Gasteiger partial charge on any atom is 0.0820 e. The number of ether oxygens (including phenoxy) is 2. The van der Waals surface area contributed by atoms with Gasteiger partial charge in [0.25, 0.3) is 0 Å². The fraction of sp³-hybridized carbons (Fsp3) is 0.933. The number of nitrogens with zero attached hydrogens (tertiary/aromatic N) is 1. The Bertz CT molecular complexity index is 257. The van der Waals surface area contributed by atoms with E-state index in [1.807, 2.05) is 13.8 Å². The highest BCUT2D eigenvalue weighted by atomic mass is 16.5. The Morgan fingerprint density at radius 1 is 0.944 bits per heavy atom. The molecule has 0 aliphatic carbocycles.